The van der Waals surface area contributed by atoms with E-state index in [1.807, 2.05) is 11.0 Å². The van der Waals surface area contributed by atoms with Gasteiger partial charge in [0.05, 0.1) is 13.2 Å². The number of rotatable bonds is 7. The van der Waals surface area contributed by atoms with Gasteiger partial charge < -0.3 is 4.74 Å². The third-order valence-electron chi connectivity index (χ3n) is 2.64. The molecule has 0 atom stereocenters. The molecule has 0 N–H and O–H groups in total. The number of hydrogen-bond acceptors (Lipinski definition) is 3. The molecule has 0 bridgehead atoms. The molecule has 0 unspecified atom stereocenters. The molecule has 0 heterocycles. The third kappa shape index (κ3) is 5.39. The predicted molar refractivity (Wildman–Crippen MR) is 78.7 cm³/mol. The largest absolute Gasteiger partial charge is 0.465 e. The van der Waals surface area contributed by atoms with E-state index in [1.165, 1.54) is 0 Å². The summed E-state index contributed by atoms with van der Waals surface area (Å²) in [5, 5.41) is 1.25. The monoisotopic (exact) mass is 303 g/mol. The van der Waals surface area contributed by atoms with E-state index in [9.17, 15) is 4.79 Å². The van der Waals surface area contributed by atoms with Crippen molar-refractivity contribution >= 4 is 29.2 Å². The maximum absolute atomic E-state index is 11.6. The Morgan fingerprint density at radius 2 is 1.89 bits per heavy atom. The molecule has 0 aliphatic rings. The van der Waals surface area contributed by atoms with Crippen LogP contribution in [0.4, 0.5) is 0 Å². The summed E-state index contributed by atoms with van der Waals surface area (Å²) in [6.45, 7) is 5.85. The summed E-state index contributed by atoms with van der Waals surface area (Å²) in [6, 6.07) is 5.41. The van der Waals surface area contributed by atoms with Crippen molar-refractivity contribution < 1.29 is 9.53 Å². The zero-order valence-electron chi connectivity index (χ0n) is 11.3. The van der Waals surface area contributed by atoms with Crippen molar-refractivity contribution in [3.63, 3.8) is 0 Å². The summed E-state index contributed by atoms with van der Waals surface area (Å²) < 4.78 is 4.97. The molecule has 1 aromatic carbocycles. The molecule has 106 valence electrons. The van der Waals surface area contributed by atoms with Gasteiger partial charge in [0.2, 0.25) is 0 Å². The summed E-state index contributed by atoms with van der Waals surface area (Å²) in [7, 11) is 0. The highest BCUT2D eigenvalue weighted by Crippen LogP contribution is 2.25. The van der Waals surface area contributed by atoms with Crippen LogP contribution in [-0.4, -0.2) is 30.6 Å². The van der Waals surface area contributed by atoms with Crippen molar-refractivity contribution in [1.29, 1.82) is 0 Å². The van der Waals surface area contributed by atoms with E-state index in [4.69, 9.17) is 27.9 Å². The number of halogens is 2. The Morgan fingerprint density at radius 3 is 2.42 bits per heavy atom. The van der Waals surface area contributed by atoms with Crippen molar-refractivity contribution in [3.05, 3.63) is 33.8 Å². The third-order valence-corrected chi connectivity index (χ3v) is 3.35. The van der Waals surface area contributed by atoms with E-state index in [0.29, 0.717) is 23.2 Å². The van der Waals surface area contributed by atoms with E-state index in [0.717, 1.165) is 18.5 Å². The van der Waals surface area contributed by atoms with E-state index in [-0.39, 0.29) is 12.5 Å². The van der Waals surface area contributed by atoms with Crippen LogP contribution in [0.1, 0.15) is 25.8 Å². The molecule has 0 fully saturated rings. The Hall–Kier alpha value is -0.770. The van der Waals surface area contributed by atoms with Crippen molar-refractivity contribution in [2.75, 3.05) is 19.7 Å². The van der Waals surface area contributed by atoms with Gasteiger partial charge in [0, 0.05) is 22.2 Å². The molecule has 0 aliphatic carbocycles. The van der Waals surface area contributed by atoms with E-state index >= 15 is 0 Å². The first kappa shape index (κ1) is 16.3. The number of nitrogens with zero attached hydrogens (tertiary/aromatic N) is 1. The summed E-state index contributed by atoms with van der Waals surface area (Å²) in [6.07, 6.45) is 0.946. The van der Waals surface area contributed by atoms with Gasteiger partial charge in [-0.15, -0.1) is 0 Å². The molecule has 0 radical (unpaired) electrons. The summed E-state index contributed by atoms with van der Waals surface area (Å²) in [5.74, 6) is -0.223. The Morgan fingerprint density at radius 1 is 1.26 bits per heavy atom. The Kier molecular flexibility index (Phi) is 7.21. The first-order valence-corrected chi connectivity index (χ1v) is 7.14. The first-order chi connectivity index (χ1) is 9.08. The average Bonchev–Trinajstić information content (AvgIpc) is 2.34. The van der Waals surface area contributed by atoms with Crippen LogP contribution in [0.2, 0.25) is 10.0 Å². The number of ether oxygens (including phenoxy) is 1. The van der Waals surface area contributed by atoms with E-state index in [1.54, 1.807) is 19.1 Å². The minimum Gasteiger partial charge on any atom is -0.465 e. The van der Waals surface area contributed by atoms with Crippen LogP contribution in [0.25, 0.3) is 0 Å². The van der Waals surface area contributed by atoms with Gasteiger partial charge >= 0.3 is 5.97 Å². The van der Waals surface area contributed by atoms with Crippen molar-refractivity contribution in [2.45, 2.75) is 26.8 Å². The van der Waals surface area contributed by atoms with Gasteiger partial charge in [-0.05, 0) is 32.0 Å². The van der Waals surface area contributed by atoms with Crippen molar-refractivity contribution in [1.82, 2.24) is 4.90 Å². The number of esters is 1. The van der Waals surface area contributed by atoms with Gasteiger partial charge in [-0.3, -0.25) is 9.69 Å². The molecule has 0 spiro atoms. The van der Waals surface area contributed by atoms with Crippen LogP contribution in [-0.2, 0) is 16.1 Å². The minimum atomic E-state index is -0.223. The van der Waals surface area contributed by atoms with Gasteiger partial charge in [-0.25, -0.2) is 0 Å². The van der Waals surface area contributed by atoms with Crippen LogP contribution in [0.5, 0.6) is 0 Å². The van der Waals surface area contributed by atoms with Crippen molar-refractivity contribution in [3.8, 4) is 0 Å². The molecule has 5 heteroatoms. The topological polar surface area (TPSA) is 29.5 Å². The van der Waals surface area contributed by atoms with Crippen LogP contribution < -0.4 is 0 Å². The maximum Gasteiger partial charge on any atom is 0.320 e. The summed E-state index contributed by atoms with van der Waals surface area (Å²) in [5.41, 5.74) is 0.851. The zero-order chi connectivity index (χ0) is 14.3. The number of benzene rings is 1. The molecule has 0 saturated carbocycles. The molecule has 1 aromatic rings. The summed E-state index contributed by atoms with van der Waals surface area (Å²) >= 11 is 12.3. The second-order valence-electron chi connectivity index (χ2n) is 4.22. The zero-order valence-corrected chi connectivity index (χ0v) is 12.8. The second kappa shape index (κ2) is 8.41. The molecule has 1 rings (SSSR count). The normalized spacial score (nSPS) is 10.8. The molecule has 3 nitrogen and oxygen atoms in total. The lowest BCUT2D eigenvalue weighted by atomic mass is 10.2. The van der Waals surface area contributed by atoms with E-state index in [2.05, 4.69) is 6.92 Å². The molecular formula is C14H19Cl2NO2. The number of carbonyl (C=O) groups excluding carboxylic acids is 1. The number of carbonyl (C=O) groups is 1. The molecule has 0 saturated heterocycles. The van der Waals surface area contributed by atoms with Crippen LogP contribution in [0, 0.1) is 0 Å². The van der Waals surface area contributed by atoms with Gasteiger partial charge in [-0.1, -0.05) is 36.2 Å². The fourth-order valence-electron chi connectivity index (χ4n) is 1.83. The lowest BCUT2D eigenvalue weighted by Gasteiger charge is -2.21. The average molecular weight is 304 g/mol. The van der Waals surface area contributed by atoms with Gasteiger partial charge in [0.25, 0.3) is 0 Å². The quantitative estimate of drug-likeness (QED) is 0.718. The van der Waals surface area contributed by atoms with E-state index < -0.39 is 0 Å². The first-order valence-electron chi connectivity index (χ1n) is 6.39. The van der Waals surface area contributed by atoms with Gasteiger partial charge in [0.15, 0.2) is 0 Å². The second-order valence-corrected chi connectivity index (χ2v) is 5.03. The molecular weight excluding hydrogens is 285 g/mol. The standard InChI is InChI=1S/C14H19Cl2NO2/c1-3-8-17(10-14(18)19-4-2)9-11-12(15)6-5-7-13(11)16/h5-7H,3-4,8-10H2,1-2H3. The highest BCUT2D eigenvalue weighted by atomic mass is 35.5. The SMILES string of the molecule is CCCN(CC(=O)OCC)Cc1c(Cl)cccc1Cl. The molecule has 19 heavy (non-hydrogen) atoms. The molecule has 0 amide bonds. The van der Waals surface area contributed by atoms with Gasteiger partial charge in [-0.2, -0.15) is 0 Å². The Labute approximate surface area is 124 Å². The van der Waals surface area contributed by atoms with Crippen LogP contribution >= 0.6 is 23.2 Å². The smallest absolute Gasteiger partial charge is 0.320 e. The highest BCUT2D eigenvalue weighted by molar-refractivity contribution is 6.35. The lowest BCUT2D eigenvalue weighted by Crippen LogP contribution is -2.31. The number of hydrogen-bond donors (Lipinski definition) is 0. The fourth-order valence-corrected chi connectivity index (χ4v) is 2.34. The molecule has 0 aliphatic heterocycles. The van der Waals surface area contributed by atoms with Crippen LogP contribution in [0.3, 0.4) is 0 Å². The Balaban J connectivity index is 2.75. The summed E-state index contributed by atoms with van der Waals surface area (Å²) in [4.78, 5) is 13.5. The fraction of sp³-hybridized carbons (Fsp3) is 0.500. The predicted octanol–water partition coefficient (Wildman–Crippen LogP) is 3.77. The highest BCUT2D eigenvalue weighted by Gasteiger charge is 2.14. The van der Waals surface area contributed by atoms with Crippen LogP contribution in [0.15, 0.2) is 18.2 Å². The maximum atomic E-state index is 11.6. The minimum absolute atomic E-state index is 0.223. The van der Waals surface area contributed by atoms with Gasteiger partial charge in [0.1, 0.15) is 0 Å². The Bertz CT molecular complexity index is 404. The molecule has 0 aromatic heterocycles. The lowest BCUT2D eigenvalue weighted by molar-refractivity contribution is -0.144. The van der Waals surface area contributed by atoms with Crippen molar-refractivity contribution in [2.24, 2.45) is 0 Å².